The fourth-order valence-corrected chi connectivity index (χ4v) is 2.78. The molecule has 0 saturated heterocycles. The quantitative estimate of drug-likeness (QED) is 0.806. The van der Waals surface area contributed by atoms with Crippen LogP contribution in [0.1, 0.15) is 46.0 Å². The van der Waals surface area contributed by atoms with E-state index in [2.05, 4.69) is 4.74 Å². The Labute approximate surface area is 111 Å². The van der Waals surface area contributed by atoms with Gasteiger partial charge in [0.1, 0.15) is 0 Å². The van der Waals surface area contributed by atoms with Gasteiger partial charge in [-0.2, -0.15) is 13.2 Å². The zero-order valence-electron chi connectivity index (χ0n) is 11.3. The first kappa shape index (κ1) is 16.3. The van der Waals surface area contributed by atoms with E-state index in [1.807, 2.05) is 0 Å². The molecule has 0 aromatic rings. The Morgan fingerprint density at radius 1 is 1.32 bits per heavy atom. The maximum absolute atomic E-state index is 13.1. The fourth-order valence-electron chi connectivity index (χ4n) is 2.78. The number of carbonyl (C=O) groups excluding carboxylic acids is 1. The number of hydrogen-bond donors (Lipinski definition) is 1. The van der Waals surface area contributed by atoms with Crippen molar-refractivity contribution in [3.8, 4) is 0 Å². The van der Waals surface area contributed by atoms with Crippen LogP contribution in [0.15, 0.2) is 0 Å². The van der Waals surface area contributed by atoms with Gasteiger partial charge in [-0.15, -0.1) is 0 Å². The molecule has 0 bridgehead atoms. The first-order valence-electron chi connectivity index (χ1n) is 6.71. The highest BCUT2D eigenvalue weighted by Gasteiger charge is 2.65. The molecule has 0 heterocycles. The van der Waals surface area contributed by atoms with Crippen LogP contribution >= 0.6 is 0 Å². The molecule has 3 nitrogen and oxygen atoms in total. The number of aliphatic hydroxyl groups is 1. The Bertz CT molecular complexity index is 311. The van der Waals surface area contributed by atoms with Crippen molar-refractivity contribution >= 4 is 5.97 Å². The molecule has 1 aliphatic rings. The smallest absolute Gasteiger partial charge is 0.428 e. The molecule has 0 aromatic heterocycles. The van der Waals surface area contributed by atoms with Crippen molar-refractivity contribution in [1.29, 1.82) is 0 Å². The number of halogens is 3. The standard InChI is InChI=1S/C13H21F3O3/c1-3-19-11(17)12(18,13(14,15)16)9(2)10-7-5-4-6-8-10/h9-10,18H,3-8H2,1-2H3. The summed E-state index contributed by atoms with van der Waals surface area (Å²) in [4.78, 5) is 11.6. The highest BCUT2D eigenvalue weighted by Crippen LogP contribution is 2.44. The van der Waals surface area contributed by atoms with Crippen LogP contribution in [0.5, 0.6) is 0 Å². The second kappa shape index (κ2) is 6.11. The van der Waals surface area contributed by atoms with Crippen LogP contribution < -0.4 is 0 Å². The molecule has 0 amide bonds. The van der Waals surface area contributed by atoms with E-state index in [0.29, 0.717) is 12.8 Å². The third kappa shape index (κ3) is 3.22. The number of esters is 1. The Kier molecular flexibility index (Phi) is 5.24. The zero-order chi connectivity index (χ0) is 14.7. The molecular weight excluding hydrogens is 261 g/mol. The molecule has 1 saturated carbocycles. The summed E-state index contributed by atoms with van der Waals surface area (Å²) in [6, 6.07) is 0. The van der Waals surface area contributed by atoms with Gasteiger partial charge < -0.3 is 9.84 Å². The third-order valence-electron chi connectivity index (χ3n) is 4.03. The van der Waals surface area contributed by atoms with E-state index in [-0.39, 0.29) is 12.5 Å². The molecule has 1 rings (SSSR count). The lowest BCUT2D eigenvalue weighted by Gasteiger charge is -2.39. The molecular formula is C13H21F3O3. The molecule has 6 heteroatoms. The van der Waals surface area contributed by atoms with Crippen LogP contribution in [0.3, 0.4) is 0 Å². The molecule has 1 N–H and O–H groups in total. The molecule has 0 radical (unpaired) electrons. The average molecular weight is 282 g/mol. The maximum Gasteiger partial charge on any atom is 0.428 e. The summed E-state index contributed by atoms with van der Waals surface area (Å²) in [7, 11) is 0. The summed E-state index contributed by atoms with van der Waals surface area (Å²) >= 11 is 0. The SMILES string of the molecule is CCOC(=O)C(O)(C(C)C1CCCCC1)C(F)(F)F. The summed E-state index contributed by atoms with van der Waals surface area (Å²) in [5, 5.41) is 9.97. The number of hydrogen-bond acceptors (Lipinski definition) is 3. The Morgan fingerprint density at radius 2 is 1.84 bits per heavy atom. The fraction of sp³-hybridized carbons (Fsp3) is 0.923. The number of ether oxygens (including phenoxy) is 1. The van der Waals surface area contributed by atoms with Crippen LogP contribution in [-0.4, -0.2) is 29.5 Å². The normalized spacial score (nSPS) is 22.6. The Balaban J connectivity index is 2.98. The van der Waals surface area contributed by atoms with Gasteiger partial charge in [0.15, 0.2) is 0 Å². The molecule has 2 unspecified atom stereocenters. The summed E-state index contributed by atoms with van der Waals surface area (Å²) < 4.78 is 43.8. The molecule has 2 atom stereocenters. The van der Waals surface area contributed by atoms with E-state index in [4.69, 9.17) is 0 Å². The summed E-state index contributed by atoms with van der Waals surface area (Å²) in [5.74, 6) is -3.07. The van der Waals surface area contributed by atoms with Gasteiger partial charge in [0, 0.05) is 5.92 Å². The van der Waals surface area contributed by atoms with Crippen molar-refractivity contribution in [1.82, 2.24) is 0 Å². The van der Waals surface area contributed by atoms with Gasteiger partial charge in [-0.3, -0.25) is 0 Å². The molecule has 19 heavy (non-hydrogen) atoms. The Hall–Kier alpha value is -0.780. The van der Waals surface area contributed by atoms with E-state index in [1.54, 1.807) is 0 Å². The van der Waals surface area contributed by atoms with Crippen molar-refractivity contribution in [2.45, 2.75) is 57.7 Å². The monoisotopic (exact) mass is 282 g/mol. The van der Waals surface area contributed by atoms with Crippen molar-refractivity contribution in [2.24, 2.45) is 11.8 Å². The van der Waals surface area contributed by atoms with Gasteiger partial charge in [-0.25, -0.2) is 4.79 Å². The lowest BCUT2D eigenvalue weighted by molar-refractivity contribution is -0.282. The highest BCUT2D eigenvalue weighted by atomic mass is 19.4. The van der Waals surface area contributed by atoms with E-state index in [1.165, 1.54) is 13.8 Å². The van der Waals surface area contributed by atoms with E-state index in [9.17, 15) is 23.1 Å². The second-order valence-corrected chi connectivity index (χ2v) is 5.17. The summed E-state index contributed by atoms with van der Waals surface area (Å²) in [6.45, 7) is 2.52. The topological polar surface area (TPSA) is 46.5 Å². The zero-order valence-corrected chi connectivity index (χ0v) is 11.3. The molecule has 1 fully saturated rings. The minimum atomic E-state index is -5.02. The third-order valence-corrected chi connectivity index (χ3v) is 4.03. The molecule has 0 aromatic carbocycles. The molecule has 0 aliphatic heterocycles. The first-order valence-corrected chi connectivity index (χ1v) is 6.71. The van der Waals surface area contributed by atoms with Gasteiger partial charge >= 0.3 is 12.1 Å². The van der Waals surface area contributed by atoms with Gasteiger partial charge in [0.2, 0.25) is 0 Å². The van der Waals surface area contributed by atoms with E-state index in [0.717, 1.165) is 19.3 Å². The van der Waals surface area contributed by atoms with Crippen molar-refractivity contribution in [3.63, 3.8) is 0 Å². The van der Waals surface area contributed by atoms with Crippen LogP contribution in [-0.2, 0) is 9.53 Å². The van der Waals surface area contributed by atoms with Gasteiger partial charge in [-0.05, 0) is 12.8 Å². The van der Waals surface area contributed by atoms with Crippen LogP contribution in [0, 0.1) is 11.8 Å². The molecule has 112 valence electrons. The first-order chi connectivity index (χ1) is 8.75. The second-order valence-electron chi connectivity index (χ2n) is 5.17. The van der Waals surface area contributed by atoms with Crippen molar-refractivity contribution in [3.05, 3.63) is 0 Å². The van der Waals surface area contributed by atoms with Gasteiger partial charge in [0.25, 0.3) is 5.60 Å². The lowest BCUT2D eigenvalue weighted by atomic mass is 9.72. The molecule has 0 spiro atoms. The maximum atomic E-state index is 13.1. The van der Waals surface area contributed by atoms with Gasteiger partial charge in [-0.1, -0.05) is 39.0 Å². The number of alkyl halides is 3. The van der Waals surface area contributed by atoms with Crippen molar-refractivity contribution in [2.75, 3.05) is 6.61 Å². The van der Waals surface area contributed by atoms with Crippen LogP contribution in [0.25, 0.3) is 0 Å². The van der Waals surface area contributed by atoms with Crippen LogP contribution in [0.4, 0.5) is 13.2 Å². The average Bonchev–Trinajstić information content (AvgIpc) is 2.36. The van der Waals surface area contributed by atoms with Crippen molar-refractivity contribution < 1.29 is 27.8 Å². The molecule has 1 aliphatic carbocycles. The summed E-state index contributed by atoms with van der Waals surface area (Å²) in [5.41, 5.74) is -3.40. The largest absolute Gasteiger partial charge is 0.464 e. The minimum absolute atomic E-state index is 0.186. The Morgan fingerprint density at radius 3 is 2.26 bits per heavy atom. The predicted molar refractivity (Wildman–Crippen MR) is 63.4 cm³/mol. The number of carbonyl (C=O) groups is 1. The van der Waals surface area contributed by atoms with E-state index < -0.39 is 23.7 Å². The minimum Gasteiger partial charge on any atom is -0.464 e. The van der Waals surface area contributed by atoms with Crippen LogP contribution in [0.2, 0.25) is 0 Å². The van der Waals surface area contributed by atoms with E-state index >= 15 is 0 Å². The predicted octanol–water partition coefficient (Wildman–Crippen LogP) is 3.06. The highest BCUT2D eigenvalue weighted by molar-refractivity contribution is 5.80. The van der Waals surface area contributed by atoms with Gasteiger partial charge in [0.05, 0.1) is 6.61 Å². The summed E-state index contributed by atoms with van der Waals surface area (Å²) in [6.07, 6.45) is -1.13. The lowest BCUT2D eigenvalue weighted by Crippen LogP contribution is -2.59. The number of rotatable bonds is 4.